The van der Waals surface area contributed by atoms with Crippen molar-refractivity contribution in [1.82, 2.24) is 9.80 Å². The van der Waals surface area contributed by atoms with Gasteiger partial charge in [0.25, 0.3) is 0 Å². The van der Waals surface area contributed by atoms with Crippen LogP contribution in [0, 0.1) is 0 Å². The number of nitrogens with zero attached hydrogens (tertiary/aromatic N) is 2. The Bertz CT molecular complexity index is 526. The van der Waals surface area contributed by atoms with E-state index in [1.807, 2.05) is 20.2 Å². The number of hydrogen-bond acceptors (Lipinski definition) is 5. The first kappa shape index (κ1) is 18.8. The average molecular weight is 334 g/mol. The highest BCUT2D eigenvalue weighted by Crippen LogP contribution is 2.34. The highest BCUT2D eigenvalue weighted by molar-refractivity contribution is 5.50. The van der Waals surface area contributed by atoms with Gasteiger partial charge in [-0.05, 0) is 32.1 Å². The van der Waals surface area contributed by atoms with Gasteiger partial charge in [0.2, 0.25) is 0 Å². The van der Waals surface area contributed by atoms with Gasteiger partial charge in [-0.1, -0.05) is 12.1 Å². The van der Waals surface area contributed by atoms with Crippen LogP contribution in [0.4, 0.5) is 0 Å². The Hall–Kier alpha value is -1.56. The number of methoxy groups -OCH3 is 1. The van der Waals surface area contributed by atoms with Gasteiger partial charge in [0.05, 0.1) is 20.3 Å². The van der Waals surface area contributed by atoms with Gasteiger partial charge in [-0.25, -0.2) is 0 Å². The summed E-state index contributed by atoms with van der Waals surface area (Å²) in [6, 6.07) is 4.26. The molecule has 0 atom stereocenters. The molecule has 1 aromatic carbocycles. The van der Waals surface area contributed by atoms with E-state index in [9.17, 15) is 0 Å². The molecular formula is C19H30N2O3. The molecule has 134 valence electrons. The third-order valence-electron chi connectivity index (χ3n) is 4.07. The fraction of sp³-hybridized carbons (Fsp3) is 0.579. The van der Waals surface area contributed by atoms with E-state index >= 15 is 0 Å². The van der Waals surface area contributed by atoms with Gasteiger partial charge >= 0.3 is 0 Å². The predicted octanol–water partition coefficient (Wildman–Crippen LogP) is 2.20. The Kier molecular flexibility index (Phi) is 7.56. The molecule has 0 saturated carbocycles. The Morgan fingerprint density at radius 2 is 2.04 bits per heavy atom. The van der Waals surface area contributed by atoms with Gasteiger partial charge < -0.3 is 19.1 Å². The molecule has 1 saturated heterocycles. The zero-order valence-electron chi connectivity index (χ0n) is 15.2. The number of ether oxygens (including phenoxy) is 3. The minimum atomic E-state index is 0.639. The first-order chi connectivity index (χ1) is 11.6. The van der Waals surface area contributed by atoms with Crippen molar-refractivity contribution >= 4 is 0 Å². The van der Waals surface area contributed by atoms with Crippen LogP contribution in [0.3, 0.4) is 0 Å². The van der Waals surface area contributed by atoms with Crippen molar-refractivity contribution < 1.29 is 14.2 Å². The molecule has 0 amide bonds. The summed E-state index contributed by atoms with van der Waals surface area (Å²) in [5.41, 5.74) is 2.37. The van der Waals surface area contributed by atoms with E-state index < -0.39 is 0 Å². The maximum absolute atomic E-state index is 6.09. The summed E-state index contributed by atoms with van der Waals surface area (Å²) in [5.74, 6) is 1.66. The summed E-state index contributed by atoms with van der Waals surface area (Å²) in [6.07, 6.45) is 2.74. The van der Waals surface area contributed by atoms with Crippen molar-refractivity contribution in [3.63, 3.8) is 0 Å². The third kappa shape index (κ3) is 5.51. The zero-order valence-corrected chi connectivity index (χ0v) is 15.2. The molecule has 0 N–H and O–H groups in total. The summed E-state index contributed by atoms with van der Waals surface area (Å²) >= 11 is 0. The van der Waals surface area contributed by atoms with Gasteiger partial charge in [-0.2, -0.15) is 0 Å². The molecular weight excluding hydrogens is 304 g/mol. The van der Waals surface area contributed by atoms with Crippen LogP contribution in [-0.4, -0.2) is 70.5 Å². The van der Waals surface area contributed by atoms with E-state index in [2.05, 4.69) is 28.5 Å². The van der Waals surface area contributed by atoms with Crippen molar-refractivity contribution in [3.8, 4) is 11.5 Å². The summed E-state index contributed by atoms with van der Waals surface area (Å²) in [5, 5.41) is 0. The fourth-order valence-corrected chi connectivity index (χ4v) is 2.77. The molecule has 24 heavy (non-hydrogen) atoms. The average Bonchev–Trinajstić information content (AvgIpc) is 2.57. The van der Waals surface area contributed by atoms with E-state index in [0.29, 0.717) is 6.61 Å². The lowest BCUT2D eigenvalue weighted by Crippen LogP contribution is -2.35. The molecule has 1 fully saturated rings. The minimum Gasteiger partial charge on any atom is -0.493 e. The Morgan fingerprint density at radius 3 is 2.67 bits per heavy atom. The zero-order chi connectivity index (χ0) is 17.4. The van der Waals surface area contributed by atoms with Crippen LogP contribution in [0.2, 0.25) is 0 Å². The smallest absolute Gasteiger partial charge is 0.165 e. The van der Waals surface area contributed by atoms with Crippen LogP contribution in [0.5, 0.6) is 11.5 Å². The maximum atomic E-state index is 6.09. The molecule has 1 aliphatic heterocycles. The Balaban J connectivity index is 2.23. The molecule has 0 unspecified atom stereocenters. The molecule has 0 bridgehead atoms. The van der Waals surface area contributed by atoms with Gasteiger partial charge in [0.1, 0.15) is 6.61 Å². The Morgan fingerprint density at radius 1 is 1.29 bits per heavy atom. The topological polar surface area (TPSA) is 34.2 Å². The molecule has 1 aliphatic rings. The Labute approximate surface area is 145 Å². The normalized spacial score (nSPS) is 15.5. The predicted molar refractivity (Wildman–Crippen MR) is 97.0 cm³/mol. The van der Waals surface area contributed by atoms with E-state index in [0.717, 1.165) is 57.3 Å². The number of hydrogen-bond donors (Lipinski definition) is 0. The quantitative estimate of drug-likeness (QED) is 0.647. The molecule has 5 nitrogen and oxygen atoms in total. The molecule has 1 heterocycles. The van der Waals surface area contributed by atoms with Crippen LogP contribution in [0.15, 0.2) is 24.8 Å². The van der Waals surface area contributed by atoms with E-state index in [1.165, 1.54) is 11.1 Å². The molecule has 0 aromatic heterocycles. The SMILES string of the molecule is C=CCc1cc(CN2CCOCC2)c(OCCN(C)C)c(OC)c1. The fourth-order valence-electron chi connectivity index (χ4n) is 2.77. The molecule has 2 rings (SSSR count). The van der Waals surface area contributed by atoms with E-state index in [-0.39, 0.29) is 0 Å². The second-order valence-corrected chi connectivity index (χ2v) is 6.32. The van der Waals surface area contributed by atoms with Gasteiger partial charge in [0, 0.05) is 31.7 Å². The lowest BCUT2D eigenvalue weighted by Gasteiger charge is -2.28. The molecule has 0 spiro atoms. The number of likely N-dealkylation sites (N-methyl/N-ethyl adjacent to an activating group) is 1. The van der Waals surface area contributed by atoms with Crippen molar-refractivity contribution in [2.45, 2.75) is 13.0 Å². The highest BCUT2D eigenvalue weighted by atomic mass is 16.5. The first-order valence-electron chi connectivity index (χ1n) is 8.52. The summed E-state index contributed by atoms with van der Waals surface area (Å²) < 4.78 is 17.1. The van der Waals surface area contributed by atoms with Crippen LogP contribution in [0.25, 0.3) is 0 Å². The van der Waals surface area contributed by atoms with Crippen molar-refractivity contribution in [2.24, 2.45) is 0 Å². The molecule has 5 heteroatoms. The van der Waals surface area contributed by atoms with Crippen molar-refractivity contribution in [3.05, 3.63) is 35.9 Å². The largest absolute Gasteiger partial charge is 0.493 e. The summed E-state index contributed by atoms with van der Waals surface area (Å²) in [7, 11) is 5.79. The summed E-state index contributed by atoms with van der Waals surface area (Å²) in [6.45, 7) is 9.68. The van der Waals surface area contributed by atoms with Crippen LogP contribution in [0.1, 0.15) is 11.1 Å². The number of rotatable bonds is 9. The monoisotopic (exact) mass is 334 g/mol. The van der Waals surface area contributed by atoms with Crippen LogP contribution >= 0.6 is 0 Å². The van der Waals surface area contributed by atoms with E-state index in [4.69, 9.17) is 14.2 Å². The minimum absolute atomic E-state index is 0.639. The second-order valence-electron chi connectivity index (χ2n) is 6.32. The highest BCUT2D eigenvalue weighted by Gasteiger charge is 2.18. The number of morpholine rings is 1. The van der Waals surface area contributed by atoms with Gasteiger partial charge in [-0.3, -0.25) is 4.90 Å². The lowest BCUT2D eigenvalue weighted by atomic mass is 10.0. The van der Waals surface area contributed by atoms with Crippen molar-refractivity contribution in [1.29, 1.82) is 0 Å². The summed E-state index contributed by atoms with van der Waals surface area (Å²) in [4.78, 5) is 4.51. The third-order valence-corrected chi connectivity index (χ3v) is 4.07. The van der Waals surface area contributed by atoms with Crippen molar-refractivity contribution in [2.75, 3.05) is 60.7 Å². The van der Waals surface area contributed by atoms with Gasteiger partial charge in [-0.15, -0.1) is 6.58 Å². The number of allylic oxidation sites excluding steroid dienone is 1. The molecule has 0 radical (unpaired) electrons. The first-order valence-corrected chi connectivity index (χ1v) is 8.52. The van der Waals surface area contributed by atoms with Gasteiger partial charge in [0.15, 0.2) is 11.5 Å². The molecule has 1 aromatic rings. The number of benzene rings is 1. The van der Waals surface area contributed by atoms with Crippen LogP contribution in [-0.2, 0) is 17.7 Å². The van der Waals surface area contributed by atoms with Crippen LogP contribution < -0.4 is 9.47 Å². The maximum Gasteiger partial charge on any atom is 0.165 e. The molecule has 0 aliphatic carbocycles. The standard InChI is InChI=1S/C19H30N2O3/c1-5-6-16-13-17(15-21-8-10-23-11-9-21)19(18(14-16)22-4)24-12-7-20(2)3/h5,13-14H,1,6-12,15H2,2-4H3. The van der Waals surface area contributed by atoms with E-state index in [1.54, 1.807) is 7.11 Å². The second kappa shape index (κ2) is 9.67. The lowest BCUT2D eigenvalue weighted by molar-refractivity contribution is 0.0337.